The number of nitrogens with one attached hydrogen (secondary N) is 1. The van der Waals surface area contributed by atoms with E-state index < -0.39 is 0 Å². The Morgan fingerprint density at radius 3 is 2.77 bits per heavy atom. The molecule has 3 rings (SSSR count). The van der Waals surface area contributed by atoms with Gasteiger partial charge in [0.25, 0.3) is 0 Å². The highest BCUT2D eigenvalue weighted by atomic mass is 16.5. The van der Waals surface area contributed by atoms with Gasteiger partial charge in [0.15, 0.2) is 5.65 Å². The number of benzene rings is 1. The third kappa shape index (κ3) is 2.57. The van der Waals surface area contributed by atoms with E-state index in [1.807, 2.05) is 37.4 Å². The first-order valence-electron chi connectivity index (χ1n) is 7.19. The van der Waals surface area contributed by atoms with Crippen LogP contribution in [0.5, 0.6) is 5.75 Å². The number of aromatic amines is 1. The van der Waals surface area contributed by atoms with Gasteiger partial charge in [-0.25, -0.2) is 0 Å². The van der Waals surface area contributed by atoms with Crippen molar-refractivity contribution in [2.24, 2.45) is 5.92 Å². The van der Waals surface area contributed by atoms with Gasteiger partial charge in [-0.05, 0) is 30.7 Å². The van der Waals surface area contributed by atoms with Crippen LogP contribution in [0.1, 0.15) is 19.4 Å². The molecule has 0 bridgehead atoms. The van der Waals surface area contributed by atoms with Crippen LogP contribution in [0.2, 0.25) is 0 Å². The zero-order valence-corrected chi connectivity index (χ0v) is 12.8. The Kier molecular flexibility index (Phi) is 3.63. The number of carbonyl (C=O) groups is 1. The summed E-state index contributed by atoms with van der Waals surface area (Å²) in [7, 11) is 0. The molecule has 0 radical (unpaired) electrons. The van der Waals surface area contributed by atoms with Crippen molar-refractivity contribution < 1.29 is 9.53 Å². The van der Waals surface area contributed by atoms with Crippen molar-refractivity contribution in [2.45, 2.75) is 20.8 Å². The van der Waals surface area contributed by atoms with E-state index in [4.69, 9.17) is 4.74 Å². The maximum absolute atomic E-state index is 11.9. The van der Waals surface area contributed by atoms with Crippen LogP contribution in [0.3, 0.4) is 0 Å². The molecule has 5 heteroatoms. The zero-order chi connectivity index (χ0) is 15.7. The van der Waals surface area contributed by atoms with Gasteiger partial charge < -0.3 is 9.72 Å². The van der Waals surface area contributed by atoms with Crippen molar-refractivity contribution in [2.75, 3.05) is 0 Å². The number of ether oxygens (including phenoxy) is 1. The second kappa shape index (κ2) is 5.60. The predicted molar refractivity (Wildman–Crippen MR) is 84.5 cm³/mol. The highest BCUT2D eigenvalue weighted by Gasteiger charge is 2.15. The lowest BCUT2D eigenvalue weighted by Crippen LogP contribution is -2.15. The molecule has 3 aromatic rings. The first kappa shape index (κ1) is 14.3. The highest BCUT2D eigenvalue weighted by molar-refractivity contribution is 5.84. The normalized spacial score (nSPS) is 11.1. The Balaban J connectivity index is 2.06. The minimum absolute atomic E-state index is 0.187. The van der Waals surface area contributed by atoms with Crippen LogP contribution in [0, 0.1) is 12.8 Å². The van der Waals surface area contributed by atoms with E-state index in [2.05, 4.69) is 15.2 Å². The summed E-state index contributed by atoms with van der Waals surface area (Å²) in [5, 5.41) is 9.43. The molecule has 5 nitrogen and oxygen atoms in total. The number of para-hydroxylation sites is 1. The molecule has 2 heterocycles. The van der Waals surface area contributed by atoms with Crippen molar-refractivity contribution in [3.05, 3.63) is 42.1 Å². The fraction of sp³-hybridized carbons (Fsp3) is 0.235. The third-order valence-corrected chi connectivity index (χ3v) is 3.49. The van der Waals surface area contributed by atoms with Gasteiger partial charge in [-0.2, -0.15) is 0 Å². The number of esters is 1. The number of carbonyl (C=O) groups excluding carboxylic acids is 1. The van der Waals surface area contributed by atoms with E-state index in [0.29, 0.717) is 11.4 Å². The molecule has 22 heavy (non-hydrogen) atoms. The molecule has 2 aromatic heterocycles. The van der Waals surface area contributed by atoms with Crippen LogP contribution >= 0.6 is 0 Å². The number of nitrogens with zero attached hydrogens (tertiary/aromatic N) is 2. The number of rotatable bonds is 3. The summed E-state index contributed by atoms with van der Waals surface area (Å²) >= 11 is 0. The minimum Gasteiger partial charge on any atom is -0.426 e. The second-order valence-electron chi connectivity index (χ2n) is 5.54. The number of H-pyrrole nitrogens is 1. The molecule has 0 aliphatic carbocycles. The number of fused-ring (bicyclic) bond motifs is 1. The molecular formula is C17H17N3O2. The third-order valence-electron chi connectivity index (χ3n) is 3.49. The standard InChI is InChI=1S/C17H17N3O2/c1-10(2)17(21)22-15-7-5-4-6-12(15)14-8-13-11(3)9-18-16(13)20-19-14/h4-10H,1-3H3,(H,18,20). The minimum atomic E-state index is -0.265. The largest absolute Gasteiger partial charge is 0.426 e. The average molecular weight is 295 g/mol. The summed E-state index contributed by atoms with van der Waals surface area (Å²) in [6.07, 6.45) is 1.90. The Morgan fingerprint density at radius 2 is 2.00 bits per heavy atom. The quantitative estimate of drug-likeness (QED) is 0.593. The summed E-state index contributed by atoms with van der Waals surface area (Å²) < 4.78 is 5.47. The van der Waals surface area contributed by atoms with Crippen molar-refractivity contribution in [1.29, 1.82) is 0 Å². The SMILES string of the molecule is Cc1c[nH]c2nnc(-c3ccccc3OC(=O)C(C)C)cc12. The molecule has 1 N–H and O–H groups in total. The summed E-state index contributed by atoms with van der Waals surface area (Å²) in [5.41, 5.74) is 3.29. The Labute approximate surface area is 128 Å². The molecule has 0 saturated carbocycles. The van der Waals surface area contributed by atoms with Gasteiger partial charge in [0, 0.05) is 17.1 Å². The van der Waals surface area contributed by atoms with Crippen LogP contribution in [-0.2, 0) is 4.79 Å². The molecule has 112 valence electrons. The molecule has 0 aliphatic rings. The molecule has 0 fully saturated rings. The average Bonchev–Trinajstić information content (AvgIpc) is 2.88. The zero-order valence-electron chi connectivity index (χ0n) is 12.8. The Bertz CT molecular complexity index is 837. The van der Waals surface area contributed by atoms with Gasteiger partial charge in [0.05, 0.1) is 11.6 Å². The van der Waals surface area contributed by atoms with E-state index >= 15 is 0 Å². The van der Waals surface area contributed by atoms with E-state index in [0.717, 1.165) is 22.2 Å². The molecule has 0 spiro atoms. The van der Waals surface area contributed by atoms with Crippen molar-refractivity contribution in [1.82, 2.24) is 15.2 Å². The van der Waals surface area contributed by atoms with Crippen LogP contribution in [-0.4, -0.2) is 21.2 Å². The summed E-state index contributed by atoms with van der Waals surface area (Å²) in [6.45, 7) is 5.62. The summed E-state index contributed by atoms with van der Waals surface area (Å²) in [5.74, 6) is 0.0517. The first-order valence-corrected chi connectivity index (χ1v) is 7.19. The van der Waals surface area contributed by atoms with Crippen LogP contribution in [0.4, 0.5) is 0 Å². The van der Waals surface area contributed by atoms with Gasteiger partial charge in [0.1, 0.15) is 5.75 Å². The molecule has 1 aromatic carbocycles. The smallest absolute Gasteiger partial charge is 0.313 e. The van der Waals surface area contributed by atoms with Crippen LogP contribution in [0.15, 0.2) is 36.5 Å². The molecule has 0 unspecified atom stereocenters. The molecular weight excluding hydrogens is 278 g/mol. The Morgan fingerprint density at radius 1 is 1.23 bits per heavy atom. The number of hydrogen-bond acceptors (Lipinski definition) is 4. The van der Waals surface area contributed by atoms with Crippen LogP contribution < -0.4 is 4.74 Å². The maximum Gasteiger partial charge on any atom is 0.313 e. The van der Waals surface area contributed by atoms with Gasteiger partial charge in [-0.3, -0.25) is 4.79 Å². The van der Waals surface area contributed by atoms with Crippen LogP contribution in [0.25, 0.3) is 22.3 Å². The molecule has 0 amide bonds. The lowest BCUT2D eigenvalue weighted by Gasteiger charge is -2.10. The monoisotopic (exact) mass is 295 g/mol. The topological polar surface area (TPSA) is 67.9 Å². The van der Waals surface area contributed by atoms with E-state index in [9.17, 15) is 4.79 Å². The molecule has 0 atom stereocenters. The number of aryl methyl sites for hydroxylation is 1. The predicted octanol–water partition coefficient (Wildman–Crippen LogP) is 3.49. The van der Waals surface area contributed by atoms with Crippen molar-refractivity contribution >= 4 is 17.0 Å². The fourth-order valence-corrected chi connectivity index (χ4v) is 2.18. The highest BCUT2D eigenvalue weighted by Crippen LogP contribution is 2.30. The van der Waals surface area contributed by atoms with E-state index in [1.54, 1.807) is 19.9 Å². The second-order valence-corrected chi connectivity index (χ2v) is 5.54. The van der Waals surface area contributed by atoms with E-state index in [1.165, 1.54) is 0 Å². The van der Waals surface area contributed by atoms with Crippen molar-refractivity contribution in [3.8, 4) is 17.0 Å². The fourth-order valence-electron chi connectivity index (χ4n) is 2.18. The van der Waals surface area contributed by atoms with Gasteiger partial charge in [0.2, 0.25) is 0 Å². The Hall–Kier alpha value is -2.69. The maximum atomic E-state index is 11.9. The first-order chi connectivity index (χ1) is 10.6. The summed E-state index contributed by atoms with van der Waals surface area (Å²) in [4.78, 5) is 14.9. The van der Waals surface area contributed by atoms with E-state index in [-0.39, 0.29) is 11.9 Å². The lowest BCUT2D eigenvalue weighted by molar-refractivity contribution is -0.137. The van der Waals surface area contributed by atoms with Crippen molar-refractivity contribution in [3.63, 3.8) is 0 Å². The van der Waals surface area contributed by atoms with Gasteiger partial charge in [-0.1, -0.05) is 26.0 Å². The summed E-state index contributed by atoms with van der Waals surface area (Å²) in [6, 6.07) is 9.32. The molecule has 0 aliphatic heterocycles. The van der Waals surface area contributed by atoms with Gasteiger partial charge in [-0.15, -0.1) is 10.2 Å². The lowest BCUT2D eigenvalue weighted by atomic mass is 10.1. The van der Waals surface area contributed by atoms with Gasteiger partial charge >= 0.3 is 5.97 Å². The number of hydrogen-bond donors (Lipinski definition) is 1. The number of aromatic nitrogens is 3. The molecule has 0 saturated heterocycles.